The van der Waals surface area contributed by atoms with Gasteiger partial charge in [0.1, 0.15) is 13.2 Å². The number of carbonyl (C=O) groups is 3. The first-order valence-corrected chi connectivity index (χ1v) is 6.75. The summed E-state index contributed by atoms with van der Waals surface area (Å²) in [6.07, 6.45) is 0.234. The van der Waals surface area contributed by atoms with Crippen LogP contribution in [-0.4, -0.2) is 68.8 Å². The third-order valence-corrected chi connectivity index (χ3v) is 2.21. The lowest BCUT2D eigenvalue weighted by Gasteiger charge is -2.15. The zero-order valence-corrected chi connectivity index (χ0v) is 12.7. The van der Waals surface area contributed by atoms with Gasteiger partial charge in [0, 0.05) is 18.7 Å². The zero-order valence-electron chi connectivity index (χ0n) is 12.7. The molecule has 0 fully saturated rings. The normalized spacial score (nSPS) is 11.0. The van der Waals surface area contributed by atoms with Crippen LogP contribution in [0, 0.1) is 0 Å². The molecule has 2 N–H and O–H groups in total. The standard InChI is InChI=1S/C14H21NO8/c1-3-12(17)21-8-7-20-6-5-15-14(19)23-11(9-16)10-22-13(18)4-2/h3-4,11,16H,1-2,5-10H2,(H,15,19). The highest BCUT2D eigenvalue weighted by atomic mass is 16.6. The van der Waals surface area contributed by atoms with E-state index in [2.05, 4.69) is 27.9 Å². The number of alkyl carbamates (subject to hydrolysis) is 1. The van der Waals surface area contributed by atoms with Gasteiger partial charge in [-0.2, -0.15) is 0 Å². The summed E-state index contributed by atoms with van der Waals surface area (Å²) in [5.74, 6) is -1.22. The van der Waals surface area contributed by atoms with Crippen LogP contribution in [0.15, 0.2) is 25.3 Å². The molecule has 0 heterocycles. The predicted molar refractivity (Wildman–Crippen MR) is 78.5 cm³/mol. The highest BCUT2D eigenvalue weighted by Crippen LogP contribution is 1.94. The molecule has 0 aliphatic carbocycles. The van der Waals surface area contributed by atoms with E-state index in [4.69, 9.17) is 14.6 Å². The molecule has 9 nitrogen and oxygen atoms in total. The van der Waals surface area contributed by atoms with Crippen molar-refractivity contribution in [3.05, 3.63) is 25.3 Å². The average molecular weight is 331 g/mol. The van der Waals surface area contributed by atoms with Crippen molar-refractivity contribution in [1.29, 1.82) is 0 Å². The summed E-state index contributed by atoms with van der Waals surface area (Å²) < 4.78 is 19.2. The van der Waals surface area contributed by atoms with E-state index in [-0.39, 0.29) is 33.0 Å². The lowest BCUT2D eigenvalue weighted by molar-refractivity contribution is -0.141. The fourth-order valence-corrected chi connectivity index (χ4v) is 1.14. The first-order valence-electron chi connectivity index (χ1n) is 6.75. The number of amides is 1. The van der Waals surface area contributed by atoms with Gasteiger partial charge < -0.3 is 29.4 Å². The van der Waals surface area contributed by atoms with Crippen molar-refractivity contribution in [3.8, 4) is 0 Å². The highest BCUT2D eigenvalue weighted by Gasteiger charge is 2.14. The summed E-state index contributed by atoms with van der Waals surface area (Å²) in [5.41, 5.74) is 0. The molecule has 0 radical (unpaired) electrons. The molecule has 1 unspecified atom stereocenters. The molecule has 0 aliphatic rings. The van der Waals surface area contributed by atoms with Gasteiger partial charge in [-0.1, -0.05) is 13.2 Å². The number of ether oxygens (including phenoxy) is 4. The van der Waals surface area contributed by atoms with E-state index in [1.165, 1.54) is 0 Å². The molecular formula is C14H21NO8. The molecule has 0 bridgehead atoms. The van der Waals surface area contributed by atoms with Crippen LogP contribution >= 0.6 is 0 Å². The smallest absolute Gasteiger partial charge is 0.407 e. The lowest BCUT2D eigenvalue weighted by atomic mass is 10.4. The minimum atomic E-state index is -0.974. The van der Waals surface area contributed by atoms with E-state index in [0.717, 1.165) is 12.2 Å². The van der Waals surface area contributed by atoms with Gasteiger partial charge in [-0.25, -0.2) is 14.4 Å². The first kappa shape index (κ1) is 20.6. The van der Waals surface area contributed by atoms with Gasteiger partial charge in [0.05, 0.1) is 19.8 Å². The van der Waals surface area contributed by atoms with Gasteiger partial charge in [-0.3, -0.25) is 0 Å². The summed E-state index contributed by atoms with van der Waals surface area (Å²) in [6, 6.07) is 0. The Kier molecular flexibility index (Phi) is 11.9. The van der Waals surface area contributed by atoms with Crippen LogP contribution in [0.25, 0.3) is 0 Å². The Bertz CT molecular complexity index is 410. The van der Waals surface area contributed by atoms with Crippen molar-refractivity contribution >= 4 is 18.0 Å². The largest absolute Gasteiger partial charge is 0.460 e. The van der Waals surface area contributed by atoms with Gasteiger partial charge >= 0.3 is 18.0 Å². The molecule has 23 heavy (non-hydrogen) atoms. The number of rotatable bonds is 12. The van der Waals surface area contributed by atoms with Crippen molar-refractivity contribution in [2.75, 3.05) is 39.6 Å². The second kappa shape index (κ2) is 13.3. The molecule has 0 saturated heterocycles. The van der Waals surface area contributed by atoms with Crippen molar-refractivity contribution < 1.29 is 38.4 Å². The van der Waals surface area contributed by atoms with Gasteiger partial charge in [-0.15, -0.1) is 0 Å². The Morgan fingerprint density at radius 2 is 1.70 bits per heavy atom. The summed E-state index contributed by atoms with van der Waals surface area (Å²) in [5, 5.41) is 11.4. The number of esters is 2. The number of hydrogen-bond donors (Lipinski definition) is 2. The van der Waals surface area contributed by atoms with Crippen molar-refractivity contribution in [1.82, 2.24) is 5.32 Å². The SMILES string of the molecule is C=CC(=O)OCCOCCNC(=O)OC(CO)COC(=O)C=C. The molecule has 1 atom stereocenters. The van der Waals surface area contributed by atoms with Crippen molar-refractivity contribution in [2.24, 2.45) is 0 Å². The maximum absolute atomic E-state index is 11.4. The summed E-state index contributed by atoms with van der Waals surface area (Å²) in [6.45, 7) is 6.25. The van der Waals surface area contributed by atoms with Crippen LogP contribution in [-0.2, 0) is 28.5 Å². The van der Waals surface area contributed by atoms with Gasteiger partial charge in [0.15, 0.2) is 6.10 Å². The minimum Gasteiger partial charge on any atom is -0.460 e. The topological polar surface area (TPSA) is 120 Å². The van der Waals surface area contributed by atoms with Crippen LogP contribution in [0.2, 0.25) is 0 Å². The van der Waals surface area contributed by atoms with E-state index < -0.39 is 30.7 Å². The third-order valence-electron chi connectivity index (χ3n) is 2.21. The van der Waals surface area contributed by atoms with Gasteiger partial charge in [-0.05, 0) is 0 Å². The van der Waals surface area contributed by atoms with E-state index in [0.29, 0.717) is 0 Å². The Balaban J connectivity index is 3.68. The van der Waals surface area contributed by atoms with E-state index in [9.17, 15) is 14.4 Å². The Morgan fingerprint density at radius 1 is 1.04 bits per heavy atom. The third kappa shape index (κ3) is 11.9. The van der Waals surface area contributed by atoms with Gasteiger partial charge in [0.2, 0.25) is 0 Å². The average Bonchev–Trinajstić information content (AvgIpc) is 2.56. The summed E-state index contributed by atoms with van der Waals surface area (Å²) >= 11 is 0. The van der Waals surface area contributed by atoms with E-state index in [1.54, 1.807) is 0 Å². The lowest BCUT2D eigenvalue weighted by Crippen LogP contribution is -2.35. The highest BCUT2D eigenvalue weighted by molar-refractivity contribution is 5.81. The summed E-state index contributed by atoms with van der Waals surface area (Å²) in [7, 11) is 0. The molecule has 0 aliphatic heterocycles. The van der Waals surface area contributed by atoms with E-state index in [1.807, 2.05) is 0 Å². The van der Waals surface area contributed by atoms with Crippen LogP contribution in [0.4, 0.5) is 4.79 Å². The number of carbonyl (C=O) groups excluding carboxylic acids is 3. The molecule has 0 aromatic heterocycles. The number of aliphatic hydroxyl groups is 1. The first-order chi connectivity index (χ1) is 11.0. The molecule has 0 saturated carbocycles. The summed E-state index contributed by atoms with van der Waals surface area (Å²) in [4.78, 5) is 33.0. The number of nitrogens with one attached hydrogen (secondary N) is 1. The Morgan fingerprint density at radius 3 is 2.30 bits per heavy atom. The molecule has 0 spiro atoms. The van der Waals surface area contributed by atoms with Gasteiger partial charge in [0.25, 0.3) is 0 Å². The molecular weight excluding hydrogens is 310 g/mol. The second-order valence-corrected chi connectivity index (χ2v) is 3.95. The molecule has 0 rings (SSSR count). The van der Waals surface area contributed by atoms with E-state index >= 15 is 0 Å². The van der Waals surface area contributed by atoms with Crippen LogP contribution < -0.4 is 5.32 Å². The Labute approximate surface area is 133 Å². The minimum absolute atomic E-state index is 0.0799. The quantitative estimate of drug-likeness (QED) is 0.213. The zero-order chi connectivity index (χ0) is 17.5. The second-order valence-electron chi connectivity index (χ2n) is 3.95. The van der Waals surface area contributed by atoms with Crippen LogP contribution in [0.3, 0.4) is 0 Å². The maximum Gasteiger partial charge on any atom is 0.407 e. The predicted octanol–water partition coefficient (Wildman–Crippen LogP) is -0.451. The number of hydrogen-bond acceptors (Lipinski definition) is 8. The molecule has 0 aromatic carbocycles. The molecule has 0 aromatic rings. The monoisotopic (exact) mass is 331 g/mol. The Hall–Kier alpha value is -2.39. The van der Waals surface area contributed by atoms with Crippen molar-refractivity contribution in [3.63, 3.8) is 0 Å². The number of aliphatic hydroxyl groups excluding tert-OH is 1. The van der Waals surface area contributed by atoms with Crippen LogP contribution in [0.1, 0.15) is 0 Å². The molecule has 130 valence electrons. The molecule has 1 amide bonds. The fourth-order valence-electron chi connectivity index (χ4n) is 1.14. The fraction of sp³-hybridized carbons (Fsp3) is 0.500. The maximum atomic E-state index is 11.4. The molecule has 9 heteroatoms. The van der Waals surface area contributed by atoms with Crippen molar-refractivity contribution in [2.45, 2.75) is 6.10 Å². The van der Waals surface area contributed by atoms with Crippen LogP contribution in [0.5, 0.6) is 0 Å².